The number of hydrogen-bond donors (Lipinski definition) is 1. The molecule has 1 N–H and O–H groups in total. The summed E-state index contributed by atoms with van der Waals surface area (Å²) in [5.41, 5.74) is 1.55. The molecule has 1 fully saturated rings. The van der Waals surface area contributed by atoms with Gasteiger partial charge in [-0.3, -0.25) is 4.40 Å². The first kappa shape index (κ1) is 17.1. The molecule has 1 aliphatic carbocycles. The molecular formula is C19H19F2N3OS. The molecule has 2 heterocycles. The van der Waals surface area contributed by atoms with Crippen molar-refractivity contribution in [2.75, 3.05) is 5.32 Å². The number of nitrogens with one attached hydrogen (secondary N) is 1. The smallest absolute Gasteiger partial charge is 0.196 e. The highest BCUT2D eigenvalue weighted by Gasteiger charge is 2.23. The summed E-state index contributed by atoms with van der Waals surface area (Å²) in [5.74, 6) is -0.564. The van der Waals surface area contributed by atoms with Gasteiger partial charge in [0, 0.05) is 35.2 Å². The van der Waals surface area contributed by atoms with Crippen LogP contribution in [0, 0.1) is 11.6 Å². The van der Waals surface area contributed by atoms with Crippen molar-refractivity contribution < 1.29 is 13.6 Å². The third-order valence-corrected chi connectivity index (χ3v) is 5.73. The van der Waals surface area contributed by atoms with E-state index >= 15 is 0 Å². The number of carbonyl (C=O) groups is 1. The Labute approximate surface area is 153 Å². The van der Waals surface area contributed by atoms with Crippen LogP contribution in [0.1, 0.15) is 37.8 Å². The van der Waals surface area contributed by atoms with E-state index in [1.165, 1.54) is 29.9 Å². The molecule has 4 nitrogen and oxygen atoms in total. The van der Waals surface area contributed by atoms with Crippen molar-refractivity contribution in [3.63, 3.8) is 0 Å². The number of benzene rings is 1. The quantitative estimate of drug-likeness (QED) is 0.650. The minimum atomic E-state index is -0.639. The van der Waals surface area contributed by atoms with Crippen molar-refractivity contribution in [1.82, 2.24) is 9.38 Å². The van der Waals surface area contributed by atoms with Gasteiger partial charge >= 0.3 is 0 Å². The van der Waals surface area contributed by atoms with Crippen molar-refractivity contribution in [2.45, 2.75) is 44.6 Å². The summed E-state index contributed by atoms with van der Waals surface area (Å²) in [6, 6.07) is 3.82. The molecule has 0 saturated heterocycles. The summed E-state index contributed by atoms with van der Waals surface area (Å²) < 4.78 is 29.6. The predicted octanol–water partition coefficient (Wildman–Crippen LogP) is 4.83. The summed E-state index contributed by atoms with van der Waals surface area (Å²) in [6.07, 6.45) is 6.76. The van der Waals surface area contributed by atoms with Gasteiger partial charge < -0.3 is 10.1 Å². The number of carbonyl (C=O) groups excluding carboxylic acids is 1. The fourth-order valence-corrected chi connectivity index (χ4v) is 4.49. The van der Waals surface area contributed by atoms with Crippen LogP contribution in [-0.2, 0) is 11.2 Å². The lowest BCUT2D eigenvalue weighted by Gasteiger charge is -2.24. The molecule has 1 aromatic carbocycles. The zero-order chi connectivity index (χ0) is 18.1. The minimum Gasteiger partial charge on any atom is -0.367 e. The highest BCUT2D eigenvalue weighted by molar-refractivity contribution is 7.15. The van der Waals surface area contributed by atoms with E-state index in [4.69, 9.17) is 0 Å². The van der Waals surface area contributed by atoms with Crippen molar-refractivity contribution in [2.24, 2.45) is 0 Å². The summed E-state index contributed by atoms with van der Waals surface area (Å²) in [7, 11) is 0. The molecule has 0 unspecified atom stereocenters. The summed E-state index contributed by atoms with van der Waals surface area (Å²) in [4.78, 5) is 16.3. The minimum absolute atomic E-state index is 0.262. The van der Waals surface area contributed by atoms with Gasteiger partial charge in [0.15, 0.2) is 4.96 Å². The molecule has 0 aliphatic heterocycles. The van der Waals surface area contributed by atoms with E-state index < -0.39 is 11.6 Å². The Morgan fingerprint density at radius 3 is 2.81 bits per heavy atom. The van der Waals surface area contributed by atoms with E-state index in [2.05, 4.69) is 10.3 Å². The van der Waals surface area contributed by atoms with Gasteiger partial charge in [0.1, 0.15) is 29.4 Å². The van der Waals surface area contributed by atoms with Crippen LogP contribution in [-0.4, -0.2) is 21.7 Å². The Kier molecular flexibility index (Phi) is 4.72. The average Bonchev–Trinajstić information content (AvgIpc) is 3.17. The van der Waals surface area contributed by atoms with Gasteiger partial charge in [-0.1, -0.05) is 19.3 Å². The third kappa shape index (κ3) is 3.11. The van der Waals surface area contributed by atoms with Crippen LogP contribution in [0.3, 0.4) is 0 Å². The van der Waals surface area contributed by atoms with Crippen molar-refractivity contribution in [3.8, 4) is 11.3 Å². The Balaban J connectivity index is 1.85. The number of thiazole rings is 1. The van der Waals surface area contributed by atoms with Gasteiger partial charge in [0.2, 0.25) is 0 Å². The Morgan fingerprint density at radius 2 is 2.08 bits per heavy atom. The van der Waals surface area contributed by atoms with Gasteiger partial charge in [-0.2, -0.15) is 0 Å². The largest absolute Gasteiger partial charge is 0.367 e. The molecule has 26 heavy (non-hydrogen) atoms. The first-order valence-corrected chi connectivity index (χ1v) is 9.69. The van der Waals surface area contributed by atoms with E-state index in [1.54, 1.807) is 0 Å². The maximum Gasteiger partial charge on any atom is 0.196 e. The number of aldehydes is 1. The number of nitrogens with zero attached hydrogens (tertiary/aromatic N) is 2. The second-order valence-corrected chi connectivity index (χ2v) is 7.46. The van der Waals surface area contributed by atoms with Crippen LogP contribution in [0.25, 0.3) is 16.2 Å². The summed E-state index contributed by atoms with van der Waals surface area (Å²) in [6.45, 7) is 0. The Morgan fingerprint density at radius 1 is 1.27 bits per heavy atom. The number of fused-ring (bicyclic) bond motifs is 1. The van der Waals surface area contributed by atoms with Crippen LogP contribution in [0.2, 0.25) is 0 Å². The molecule has 3 aromatic rings. The first-order valence-electron chi connectivity index (χ1n) is 8.82. The van der Waals surface area contributed by atoms with E-state index in [0.717, 1.165) is 43.7 Å². The van der Waals surface area contributed by atoms with Gasteiger partial charge in [-0.05, 0) is 25.0 Å². The average molecular weight is 375 g/mol. The normalized spacial score (nSPS) is 15.5. The first-order chi connectivity index (χ1) is 12.7. The van der Waals surface area contributed by atoms with E-state index in [1.807, 2.05) is 9.78 Å². The summed E-state index contributed by atoms with van der Waals surface area (Å²) >= 11 is 1.41. The number of halogens is 2. The Hall–Kier alpha value is -2.28. The molecule has 136 valence electrons. The van der Waals surface area contributed by atoms with Crippen LogP contribution in [0.5, 0.6) is 0 Å². The third-order valence-electron chi connectivity index (χ3n) is 4.86. The number of anilines is 1. The van der Waals surface area contributed by atoms with Crippen molar-refractivity contribution >= 4 is 28.4 Å². The van der Waals surface area contributed by atoms with E-state index in [-0.39, 0.29) is 18.0 Å². The van der Waals surface area contributed by atoms with Crippen LogP contribution in [0.4, 0.5) is 14.6 Å². The van der Waals surface area contributed by atoms with Crippen LogP contribution >= 0.6 is 11.3 Å². The SMILES string of the molecule is O=CCc1csc2nc(-c3ccc(F)cc3F)c(NC3CCCCC3)n12. The molecule has 4 rings (SSSR count). The molecule has 0 amide bonds. The van der Waals surface area contributed by atoms with Crippen LogP contribution < -0.4 is 5.32 Å². The maximum atomic E-state index is 14.4. The maximum absolute atomic E-state index is 14.4. The highest BCUT2D eigenvalue weighted by Crippen LogP contribution is 2.35. The molecule has 1 saturated carbocycles. The molecule has 0 spiro atoms. The number of aromatic nitrogens is 2. The number of rotatable bonds is 5. The number of imidazole rings is 1. The van der Waals surface area contributed by atoms with Crippen LogP contribution in [0.15, 0.2) is 23.6 Å². The Bertz CT molecular complexity index is 944. The zero-order valence-corrected chi connectivity index (χ0v) is 15.0. The molecule has 0 bridgehead atoms. The molecule has 0 radical (unpaired) electrons. The predicted molar refractivity (Wildman–Crippen MR) is 98.7 cm³/mol. The number of hydrogen-bond acceptors (Lipinski definition) is 4. The molecule has 1 aliphatic rings. The second kappa shape index (κ2) is 7.15. The summed E-state index contributed by atoms with van der Waals surface area (Å²) in [5, 5.41) is 5.42. The second-order valence-electron chi connectivity index (χ2n) is 6.63. The fourth-order valence-electron chi connectivity index (χ4n) is 3.59. The fraction of sp³-hybridized carbons (Fsp3) is 0.368. The van der Waals surface area contributed by atoms with Gasteiger partial charge in [0.25, 0.3) is 0 Å². The van der Waals surface area contributed by atoms with Crippen molar-refractivity contribution in [3.05, 3.63) is 40.9 Å². The standard InChI is InChI=1S/C19H19F2N3OS/c20-12-6-7-15(16(21)10-12)17-18(22-13-4-2-1-3-5-13)24-14(8-9-25)11-26-19(24)23-17/h6-7,9-11,13,22H,1-5,8H2. The van der Waals surface area contributed by atoms with Gasteiger partial charge in [-0.25, -0.2) is 13.8 Å². The zero-order valence-electron chi connectivity index (χ0n) is 14.2. The lowest BCUT2D eigenvalue weighted by Crippen LogP contribution is -2.23. The topological polar surface area (TPSA) is 46.4 Å². The van der Waals surface area contributed by atoms with Crippen molar-refractivity contribution in [1.29, 1.82) is 0 Å². The molecule has 0 atom stereocenters. The molecule has 7 heteroatoms. The lowest BCUT2D eigenvalue weighted by molar-refractivity contribution is -0.107. The highest BCUT2D eigenvalue weighted by atomic mass is 32.1. The monoisotopic (exact) mass is 375 g/mol. The van der Waals surface area contributed by atoms with Gasteiger partial charge in [0.05, 0.1) is 0 Å². The van der Waals surface area contributed by atoms with E-state index in [9.17, 15) is 13.6 Å². The van der Waals surface area contributed by atoms with E-state index in [0.29, 0.717) is 16.5 Å². The van der Waals surface area contributed by atoms with Gasteiger partial charge in [-0.15, -0.1) is 11.3 Å². The molecular weight excluding hydrogens is 356 g/mol. The lowest BCUT2D eigenvalue weighted by atomic mass is 9.95. The molecule has 2 aromatic heterocycles.